The Morgan fingerprint density at radius 3 is 2.74 bits per heavy atom. The molecule has 0 fully saturated rings. The first-order valence-electron chi connectivity index (χ1n) is 5.57. The molecule has 2 rings (SSSR count). The van der Waals surface area contributed by atoms with E-state index in [4.69, 9.17) is 0 Å². The number of nitrogens with one attached hydrogen (secondary N) is 4. The maximum Gasteiger partial charge on any atom is 0.260 e. The average molecular weight is 285 g/mol. The zero-order valence-corrected chi connectivity index (χ0v) is 11.4. The molecule has 0 amide bonds. The van der Waals surface area contributed by atoms with Crippen LogP contribution in [0.15, 0.2) is 11.4 Å². The Balaban J connectivity index is 2.19. The summed E-state index contributed by atoms with van der Waals surface area (Å²) in [6, 6.07) is 0. The molecule has 0 aliphatic rings. The summed E-state index contributed by atoms with van der Waals surface area (Å²) in [4.78, 5) is 3.84. The minimum Gasteiger partial charge on any atom is -0.316 e. The van der Waals surface area contributed by atoms with Gasteiger partial charge in [0.05, 0.1) is 6.54 Å². The monoisotopic (exact) mass is 285 g/mol. The molecule has 0 aliphatic heterocycles. The first kappa shape index (κ1) is 13.6. The van der Waals surface area contributed by atoms with Gasteiger partial charge < -0.3 is 5.32 Å². The van der Waals surface area contributed by atoms with Crippen LogP contribution in [0.4, 0.5) is 0 Å². The molecule has 0 bridgehead atoms. The zero-order chi connectivity index (χ0) is 13.9. The molecule has 104 valence electrons. The summed E-state index contributed by atoms with van der Waals surface area (Å²) in [6.45, 7) is 2.23. The van der Waals surface area contributed by atoms with Gasteiger partial charge in [-0.2, -0.15) is 10.2 Å². The third kappa shape index (κ3) is 2.97. The SMILES string of the molecule is CNCc1c(S(=O)(=O)NCc2ncn[nH]2)n[nH]c1C. The lowest BCUT2D eigenvalue weighted by molar-refractivity contribution is 0.573. The van der Waals surface area contributed by atoms with Crippen molar-refractivity contribution in [2.45, 2.75) is 25.0 Å². The molecular formula is C9H15N7O2S. The summed E-state index contributed by atoms with van der Waals surface area (Å²) in [5.74, 6) is 0.436. The van der Waals surface area contributed by atoms with Crippen LogP contribution in [-0.2, 0) is 23.1 Å². The van der Waals surface area contributed by atoms with Crippen LogP contribution in [-0.4, -0.2) is 40.8 Å². The van der Waals surface area contributed by atoms with Crippen LogP contribution >= 0.6 is 0 Å². The topological polar surface area (TPSA) is 128 Å². The van der Waals surface area contributed by atoms with Crippen molar-refractivity contribution in [2.75, 3.05) is 7.05 Å². The number of hydrogen-bond donors (Lipinski definition) is 4. The predicted octanol–water partition coefficient (Wildman–Crippen LogP) is -0.966. The molecule has 4 N–H and O–H groups in total. The molecule has 0 radical (unpaired) electrons. The zero-order valence-electron chi connectivity index (χ0n) is 10.6. The molecule has 19 heavy (non-hydrogen) atoms. The van der Waals surface area contributed by atoms with Gasteiger partial charge in [0.15, 0.2) is 5.03 Å². The van der Waals surface area contributed by atoms with Crippen molar-refractivity contribution in [1.29, 1.82) is 0 Å². The maximum absolute atomic E-state index is 12.2. The number of rotatable bonds is 6. The van der Waals surface area contributed by atoms with Gasteiger partial charge in [-0.3, -0.25) is 10.2 Å². The lowest BCUT2D eigenvalue weighted by atomic mass is 10.3. The van der Waals surface area contributed by atoms with E-state index in [-0.39, 0.29) is 11.6 Å². The second kappa shape index (κ2) is 5.47. The van der Waals surface area contributed by atoms with Crippen LogP contribution in [0.5, 0.6) is 0 Å². The van der Waals surface area contributed by atoms with E-state index in [1.165, 1.54) is 6.33 Å². The number of H-pyrrole nitrogens is 2. The quantitative estimate of drug-likeness (QED) is 0.541. The van der Waals surface area contributed by atoms with Crippen LogP contribution in [0.3, 0.4) is 0 Å². The van der Waals surface area contributed by atoms with Gasteiger partial charge in [-0.25, -0.2) is 18.1 Å². The van der Waals surface area contributed by atoms with E-state index in [9.17, 15) is 8.42 Å². The molecule has 2 aromatic rings. The Kier molecular flexibility index (Phi) is 3.93. The van der Waals surface area contributed by atoms with E-state index in [1.54, 1.807) is 14.0 Å². The summed E-state index contributed by atoms with van der Waals surface area (Å²) in [7, 11) is -1.95. The van der Waals surface area contributed by atoms with Crippen LogP contribution in [0.2, 0.25) is 0 Å². The second-order valence-electron chi connectivity index (χ2n) is 3.92. The van der Waals surface area contributed by atoms with Crippen molar-refractivity contribution in [3.8, 4) is 0 Å². The third-order valence-electron chi connectivity index (χ3n) is 2.54. The van der Waals surface area contributed by atoms with Crippen molar-refractivity contribution >= 4 is 10.0 Å². The molecular weight excluding hydrogens is 270 g/mol. The van der Waals surface area contributed by atoms with Crippen molar-refractivity contribution in [3.63, 3.8) is 0 Å². The Bertz CT molecular complexity index is 632. The van der Waals surface area contributed by atoms with Crippen LogP contribution in [0, 0.1) is 6.92 Å². The fraction of sp³-hybridized carbons (Fsp3) is 0.444. The number of aromatic nitrogens is 5. The number of aromatic amines is 2. The maximum atomic E-state index is 12.2. The highest BCUT2D eigenvalue weighted by atomic mass is 32.2. The van der Waals surface area contributed by atoms with E-state index in [0.717, 1.165) is 5.69 Å². The van der Waals surface area contributed by atoms with Crippen LogP contribution in [0.25, 0.3) is 0 Å². The summed E-state index contributed by atoms with van der Waals surface area (Å²) in [5, 5.41) is 15.7. The number of sulfonamides is 1. The molecule has 10 heteroatoms. The number of hydrogen-bond acceptors (Lipinski definition) is 6. The Morgan fingerprint density at radius 1 is 1.32 bits per heavy atom. The second-order valence-corrected chi connectivity index (χ2v) is 5.60. The highest BCUT2D eigenvalue weighted by Gasteiger charge is 2.23. The van der Waals surface area contributed by atoms with Gasteiger partial charge >= 0.3 is 0 Å². The molecule has 0 unspecified atom stereocenters. The smallest absolute Gasteiger partial charge is 0.260 e. The summed E-state index contributed by atoms with van der Waals surface area (Å²) >= 11 is 0. The molecule has 9 nitrogen and oxygen atoms in total. The fourth-order valence-corrected chi connectivity index (χ4v) is 2.76. The van der Waals surface area contributed by atoms with Crippen LogP contribution < -0.4 is 10.0 Å². The van der Waals surface area contributed by atoms with Crippen molar-refractivity contribution in [1.82, 2.24) is 35.4 Å². The minimum absolute atomic E-state index is 0.00105. The van der Waals surface area contributed by atoms with Crippen molar-refractivity contribution in [2.24, 2.45) is 0 Å². The van der Waals surface area contributed by atoms with Gasteiger partial charge in [0.2, 0.25) is 0 Å². The van der Waals surface area contributed by atoms with Gasteiger partial charge in [0.1, 0.15) is 12.2 Å². The molecule has 2 heterocycles. The van der Waals surface area contributed by atoms with E-state index >= 15 is 0 Å². The van der Waals surface area contributed by atoms with E-state index < -0.39 is 10.0 Å². The average Bonchev–Trinajstić information content (AvgIpc) is 2.99. The third-order valence-corrected chi connectivity index (χ3v) is 3.91. The number of aryl methyl sites for hydroxylation is 1. The Hall–Kier alpha value is -1.78. The Morgan fingerprint density at radius 2 is 2.11 bits per heavy atom. The van der Waals surface area contributed by atoms with Gasteiger partial charge in [0, 0.05) is 17.8 Å². The van der Waals surface area contributed by atoms with Gasteiger partial charge in [0.25, 0.3) is 10.0 Å². The minimum atomic E-state index is -3.69. The fourth-order valence-electron chi connectivity index (χ4n) is 1.58. The predicted molar refractivity (Wildman–Crippen MR) is 66.5 cm³/mol. The van der Waals surface area contributed by atoms with Gasteiger partial charge in [-0.05, 0) is 14.0 Å². The lowest BCUT2D eigenvalue weighted by Crippen LogP contribution is -2.26. The van der Waals surface area contributed by atoms with Gasteiger partial charge in [-0.15, -0.1) is 0 Å². The van der Waals surface area contributed by atoms with E-state index in [2.05, 4.69) is 35.4 Å². The molecule has 0 saturated heterocycles. The molecule has 2 aromatic heterocycles. The molecule has 0 atom stereocenters. The van der Waals surface area contributed by atoms with Crippen molar-refractivity contribution < 1.29 is 8.42 Å². The summed E-state index contributed by atoms with van der Waals surface area (Å²) < 4.78 is 26.7. The van der Waals surface area contributed by atoms with E-state index in [0.29, 0.717) is 17.9 Å². The normalized spacial score (nSPS) is 11.9. The highest BCUT2D eigenvalue weighted by Crippen LogP contribution is 2.15. The summed E-state index contributed by atoms with van der Waals surface area (Å²) in [5.41, 5.74) is 1.34. The molecule has 0 aliphatic carbocycles. The summed E-state index contributed by atoms with van der Waals surface area (Å²) in [6.07, 6.45) is 1.31. The standard InChI is InChI=1S/C9H15N7O2S/c1-6-7(3-10-2)9(16-14-6)19(17,18)13-4-8-11-5-12-15-8/h5,10,13H,3-4H2,1-2H3,(H,14,16)(H,11,12,15). The molecule has 0 spiro atoms. The van der Waals surface area contributed by atoms with E-state index in [1.807, 2.05) is 0 Å². The van der Waals surface area contributed by atoms with Crippen LogP contribution in [0.1, 0.15) is 17.1 Å². The highest BCUT2D eigenvalue weighted by molar-refractivity contribution is 7.89. The first-order chi connectivity index (χ1) is 9.04. The molecule has 0 saturated carbocycles. The first-order valence-corrected chi connectivity index (χ1v) is 7.05. The van der Waals surface area contributed by atoms with Crippen molar-refractivity contribution in [3.05, 3.63) is 23.4 Å². The Labute approximate surface area is 110 Å². The lowest BCUT2D eigenvalue weighted by Gasteiger charge is -2.05. The largest absolute Gasteiger partial charge is 0.316 e. The van der Waals surface area contributed by atoms with Gasteiger partial charge in [-0.1, -0.05) is 0 Å². The number of nitrogens with zero attached hydrogens (tertiary/aromatic N) is 3. The molecule has 0 aromatic carbocycles.